The van der Waals surface area contributed by atoms with E-state index in [0.29, 0.717) is 0 Å². The molecule has 0 saturated heterocycles. The lowest BCUT2D eigenvalue weighted by Gasteiger charge is -2.08. The minimum atomic E-state index is -3.65. The molecule has 0 bridgehead atoms. The summed E-state index contributed by atoms with van der Waals surface area (Å²) in [5, 5.41) is 0. The molecule has 0 saturated carbocycles. The molecule has 0 atom stereocenters. The fourth-order valence-corrected chi connectivity index (χ4v) is 2.29. The molecule has 15 heavy (non-hydrogen) atoms. The van der Waals surface area contributed by atoms with Gasteiger partial charge in [0.15, 0.2) is 0 Å². The summed E-state index contributed by atoms with van der Waals surface area (Å²) in [7, 11) is -3.65. The van der Waals surface area contributed by atoms with Crippen molar-refractivity contribution in [3.05, 3.63) is 54.6 Å². The van der Waals surface area contributed by atoms with Crippen LogP contribution in [-0.4, -0.2) is 14.5 Å². The second kappa shape index (κ2) is 4.00. The van der Waals surface area contributed by atoms with Crippen molar-refractivity contribution in [2.24, 2.45) is 0 Å². The van der Waals surface area contributed by atoms with E-state index in [1.165, 1.54) is 12.1 Å². The van der Waals surface area contributed by atoms with Gasteiger partial charge in [0.25, 0.3) is 10.1 Å². The monoisotopic (exact) mass is 222 g/mol. The molecule has 0 aliphatic heterocycles. The van der Waals surface area contributed by atoms with Gasteiger partial charge in [0.2, 0.25) is 0 Å². The second-order valence-electron chi connectivity index (χ2n) is 3.10. The molecule has 0 unspecified atom stereocenters. The van der Waals surface area contributed by atoms with Gasteiger partial charge in [0, 0.05) is 0 Å². The predicted octanol–water partition coefficient (Wildman–Crippen LogP) is 1.89. The molecular weight excluding hydrogens is 212 g/mol. The molecule has 0 heterocycles. The molecule has 4 heteroatoms. The molecule has 0 aromatic heterocycles. The average molecular weight is 222 g/mol. The predicted molar refractivity (Wildman–Crippen MR) is 56.8 cm³/mol. The summed E-state index contributed by atoms with van der Waals surface area (Å²) in [5.74, 6) is 0. The summed E-state index contributed by atoms with van der Waals surface area (Å²) < 4.78 is 28.4. The van der Waals surface area contributed by atoms with Gasteiger partial charge in [-0.1, -0.05) is 42.5 Å². The molecule has 3 nitrogen and oxygen atoms in total. The summed E-state index contributed by atoms with van der Waals surface area (Å²) in [5.41, 5.74) is 0. The lowest BCUT2D eigenvalue weighted by Crippen LogP contribution is -2.13. The maximum Gasteiger partial charge on any atom is 0.297 e. The van der Waals surface area contributed by atoms with Crippen LogP contribution in [0.4, 0.5) is 0 Å². The molecule has 1 aliphatic carbocycles. The maximum absolute atomic E-state index is 11.7. The van der Waals surface area contributed by atoms with Crippen molar-refractivity contribution < 1.29 is 12.6 Å². The number of hydrogen-bond acceptors (Lipinski definition) is 3. The van der Waals surface area contributed by atoms with Gasteiger partial charge >= 0.3 is 0 Å². The first kappa shape index (κ1) is 10.1. The van der Waals surface area contributed by atoms with E-state index in [-0.39, 0.29) is 4.90 Å². The van der Waals surface area contributed by atoms with Crippen LogP contribution >= 0.6 is 0 Å². The third kappa shape index (κ3) is 2.34. The smallest absolute Gasteiger partial charge is 0.255 e. The van der Waals surface area contributed by atoms with Crippen molar-refractivity contribution >= 4 is 10.1 Å². The molecule has 2 rings (SSSR count). The first-order chi connectivity index (χ1) is 7.18. The van der Waals surface area contributed by atoms with Crippen molar-refractivity contribution in [2.45, 2.75) is 11.0 Å². The molecule has 0 fully saturated rings. The van der Waals surface area contributed by atoms with E-state index >= 15 is 0 Å². The van der Waals surface area contributed by atoms with Gasteiger partial charge in [-0.25, -0.2) is 0 Å². The topological polar surface area (TPSA) is 43.4 Å². The molecule has 1 aromatic rings. The second-order valence-corrected chi connectivity index (χ2v) is 4.67. The Balaban J connectivity index is 2.21. The SMILES string of the molecule is O=S(=O)(OC1C=CC=C1)c1ccccc1. The molecule has 1 aromatic carbocycles. The normalized spacial score (nSPS) is 16.0. The highest BCUT2D eigenvalue weighted by atomic mass is 32.2. The van der Waals surface area contributed by atoms with E-state index in [1.807, 2.05) is 0 Å². The lowest BCUT2D eigenvalue weighted by atomic mass is 10.4. The highest BCUT2D eigenvalue weighted by Crippen LogP contribution is 2.16. The minimum absolute atomic E-state index is 0.179. The zero-order valence-corrected chi connectivity index (χ0v) is 8.72. The Morgan fingerprint density at radius 1 is 1.00 bits per heavy atom. The van der Waals surface area contributed by atoms with Crippen LogP contribution in [0.1, 0.15) is 0 Å². The van der Waals surface area contributed by atoms with Gasteiger partial charge in [-0.3, -0.25) is 4.18 Å². The van der Waals surface area contributed by atoms with Crippen LogP contribution in [0.3, 0.4) is 0 Å². The summed E-state index contributed by atoms with van der Waals surface area (Å²) in [6, 6.07) is 8.11. The van der Waals surface area contributed by atoms with Gasteiger partial charge in [0.05, 0.1) is 4.90 Å². The van der Waals surface area contributed by atoms with Crippen molar-refractivity contribution in [2.75, 3.05) is 0 Å². The van der Waals surface area contributed by atoms with Crippen LogP contribution in [0, 0.1) is 0 Å². The molecule has 0 radical (unpaired) electrons. The Morgan fingerprint density at radius 2 is 1.60 bits per heavy atom. The number of rotatable bonds is 3. The number of hydrogen-bond donors (Lipinski definition) is 0. The van der Waals surface area contributed by atoms with Gasteiger partial charge in [-0.2, -0.15) is 8.42 Å². The fourth-order valence-electron chi connectivity index (χ4n) is 1.26. The van der Waals surface area contributed by atoms with Crippen LogP contribution < -0.4 is 0 Å². The summed E-state index contributed by atoms with van der Waals surface area (Å²) in [4.78, 5) is 0.179. The van der Waals surface area contributed by atoms with E-state index in [4.69, 9.17) is 4.18 Å². The zero-order valence-electron chi connectivity index (χ0n) is 7.91. The molecular formula is C11H10O3S. The van der Waals surface area contributed by atoms with E-state index in [0.717, 1.165) is 0 Å². The Kier molecular flexibility index (Phi) is 2.70. The van der Waals surface area contributed by atoms with Crippen molar-refractivity contribution in [1.82, 2.24) is 0 Å². The average Bonchev–Trinajstić information content (AvgIpc) is 2.71. The van der Waals surface area contributed by atoms with Crippen LogP contribution in [-0.2, 0) is 14.3 Å². The Hall–Kier alpha value is -1.39. The summed E-state index contributed by atoms with van der Waals surface area (Å²) in [6.07, 6.45) is 6.40. The highest BCUT2D eigenvalue weighted by molar-refractivity contribution is 7.86. The number of allylic oxidation sites excluding steroid dienone is 2. The Morgan fingerprint density at radius 3 is 2.20 bits per heavy atom. The quantitative estimate of drug-likeness (QED) is 0.733. The standard InChI is InChI=1S/C11H10O3S/c12-15(13,11-8-2-1-3-9-11)14-10-6-4-5-7-10/h1-10H. The molecule has 78 valence electrons. The third-order valence-corrected chi connectivity index (χ3v) is 3.31. The van der Waals surface area contributed by atoms with Crippen LogP contribution in [0.25, 0.3) is 0 Å². The van der Waals surface area contributed by atoms with Crippen molar-refractivity contribution in [1.29, 1.82) is 0 Å². The largest absolute Gasteiger partial charge is 0.297 e. The maximum atomic E-state index is 11.7. The number of benzene rings is 1. The van der Waals surface area contributed by atoms with Gasteiger partial charge < -0.3 is 0 Å². The fraction of sp³-hybridized carbons (Fsp3) is 0.0909. The van der Waals surface area contributed by atoms with Crippen LogP contribution in [0.15, 0.2) is 59.5 Å². The van der Waals surface area contributed by atoms with Gasteiger partial charge in [-0.05, 0) is 12.1 Å². The van der Waals surface area contributed by atoms with Crippen molar-refractivity contribution in [3.63, 3.8) is 0 Å². The van der Waals surface area contributed by atoms with Crippen LogP contribution in [0.2, 0.25) is 0 Å². The first-order valence-corrected chi connectivity index (χ1v) is 5.93. The van der Waals surface area contributed by atoms with E-state index < -0.39 is 16.2 Å². The Bertz CT molecular complexity index is 474. The van der Waals surface area contributed by atoms with E-state index in [1.54, 1.807) is 42.5 Å². The van der Waals surface area contributed by atoms with Crippen LogP contribution in [0.5, 0.6) is 0 Å². The minimum Gasteiger partial charge on any atom is -0.255 e. The Labute approximate surface area is 88.8 Å². The van der Waals surface area contributed by atoms with Crippen molar-refractivity contribution in [3.8, 4) is 0 Å². The van der Waals surface area contributed by atoms with E-state index in [2.05, 4.69) is 0 Å². The third-order valence-electron chi connectivity index (χ3n) is 1.98. The molecule has 0 amide bonds. The lowest BCUT2D eigenvalue weighted by molar-refractivity contribution is 0.301. The van der Waals surface area contributed by atoms with E-state index in [9.17, 15) is 8.42 Å². The van der Waals surface area contributed by atoms with Gasteiger partial charge in [-0.15, -0.1) is 0 Å². The highest BCUT2D eigenvalue weighted by Gasteiger charge is 2.18. The molecule has 0 spiro atoms. The first-order valence-electron chi connectivity index (χ1n) is 4.52. The summed E-state index contributed by atoms with van der Waals surface area (Å²) >= 11 is 0. The molecule has 1 aliphatic rings. The zero-order chi connectivity index (χ0) is 10.7. The van der Waals surface area contributed by atoms with Gasteiger partial charge in [0.1, 0.15) is 6.10 Å². The molecule has 0 N–H and O–H groups in total. The summed E-state index contributed by atoms with van der Waals surface area (Å²) in [6.45, 7) is 0.